The van der Waals surface area contributed by atoms with E-state index in [9.17, 15) is 4.79 Å². The van der Waals surface area contributed by atoms with E-state index in [0.29, 0.717) is 5.88 Å². The van der Waals surface area contributed by atoms with Gasteiger partial charge in [-0.1, -0.05) is 35.9 Å². The first kappa shape index (κ1) is 15.3. The summed E-state index contributed by atoms with van der Waals surface area (Å²) >= 11 is 15.6. The Kier molecular flexibility index (Phi) is 5.36. The number of ether oxygens (including phenoxy) is 1. The van der Waals surface area contributed by atoms with Crippen LogP contribution in [0.15, 0.2) is 11.6 Å². The Morgan fingerprint density at radius 2 is 2.29 bits per heavy atom. The lowest BCUT2D eigenvalue weighted by atomic mass is 9.77. The van der Waals surface area contributed by atoms with Gasteiger partial charge in [0.2, 0.25) is 0 Å². The zero-order valence-electron chi connectivity index (χ0n) is 10.2. The molecule has 0 aromatic rings. The second-order valence-electron chi connectivity index (χ2n) is 4.89. The Morgan fingerprint density at radius 3 is 2.76 bits per heavy atom. The van der Waals surface area contributed by atoms with Gasteiger partial charge in [0.25, 0.3) is 0 Å². The quantitative estimate of drug-likeness (QED) is 0.441. The van der Waals surface area contributed by atoms with Crippen molar-refractivity contribution in [3.63, 3.8) is 0 Å². The molecule has 1 aliphatic carbocycles. The second-order valence-corrected chi connectivity index (χ2v) is 6.83. The van der Waals surface area contributed by atoms with Crippen LogP contribution < -0.4 is 0 Å². The highest BCUT2D eigenvalue weighted by atomic mass is 79.9. The van der Waals surface area contributed by atoms with Gasteiger partial charge in [0.15, 0.2) is 0 Å². The van der Waals surface area contributed by atoms with Gasteiger partial charge in [0.1, 0.15) is 6.10 Å². The van der Waals surface area contributed by atoms with E-state index < -0.39 is 0 Å². The molecular formula is C12H17BrCl2O2. The van der Waals surface area contributed by atoms with Crippen LogP contribution in [0.2, 0.25) is 0 Å². The summed E-state index contributed by atoms with van der Waals surface area (Å²) in [6.07, 6.45) is 2.52. The molecule has 2 nitrogen and oxygen atoms in total. The van der Waals surface area contributed by atoms with Gasteiger partial charge in [-0.2, -0.15) is 0 Å². The summed E-state index contributed by atoms with van der Waals surface area (Å²) in [5.41, 5.74) is 0.892. The molecule has 0 aromatic heterocycles. The molecule has 0 heterocycles. The summed E-state index contributed by atoms with van der Waals surface area (Å²) in [6, 6.07) is 0. The number of hydrogen-bond donors (Lipinski definition) is 0. The number of esters is 1. The zero-order valence-corrected chi connectivity index (χ0v) is 13.3. The maximum atomic E-state index is 11.1. The summed E-state index contributed by atoms with van der Waals surface area (Å²) in [5.74, 6) is 0.0208. The van der Waals surface area contributed by atoms with Crippen molar-refractivity contribution in [1.82, 2.24) is 0 Å². The second kappa shape index (κ2) is 5.94. The van der Waals surface area contributed by atoms with Crippen molar-refractivity contribution in [1.29, 1.82) is 0 Å². The maximum Gasteiger partial charge on any atom is 0.303 e. The van der Waals surface area contributed by atoms with Gasteiger partial charge in [-0.25, -0.2) is 0 Å². The Morgan fingerprint density at radius 1 is 1.71 bits per heavy atom. The van der Waals surface area contributed by atoms with E-state index in [0.717, 1.165) is 12.0 Å². The fourth-order valence-corrected chi connectivity index (χ4v) is 2.79. The lowest BCUT2D eigenvalue weighted by Gasteiger charge is -2.38. The first-order chi connectivity index (χ1) is 7.77. The van der Waals surface area contributed by atoms with Gasteiger partial charge in [0, 0.05) is 24.1 Å². The summed E-state index contributed by atoms with van der Waals surface area (Å²) in [4.78, 5) is 11.3. The molecule has 0 unspecified atom stereocenters. The molecule has 0 saturated heterocycles. The van der Waals surface area contributed by atoms with Crippen molar-refractivity contribution in [2.24, 2.45) is 5.41 Å². The van der Waals surface area contributed by atoms with Crippen molar-refractivity contribution in [3.8, 4) is 0 Å². The number of alkyl halides is 3. The summed E-state index contributed by atoms with van der Waals surface area (Å²) in [6.45, 7) is 5.65. The summed E-state index contributed by atoms with van der Waals surface area (Å²) in [5, 5.41) is -0.291. The van der Waals surface area contributed by atoms with Gasteiger partial charge in [-0.05, 0) is 11.0 Å². The first-order valence-electron chi connectivity index (χ1n) is 5.52. The molecule has 0 spiro atoms. The molecule has 0 bridgehead atoms. The lowest BCUT2D eigenvalue weighted by molar-refractivity contribution is -0.145. The van der Waals surface area contributed by atoms with E-state index in [1.165, 1.54) is 6.92 Å². The monoisotopic (exact) mass is 342 g/mol. The molecule has 0 radical (unpaired) electrons. The first-order valence-corrected chi connectivity index (χ1v) is 7.40. The minimum absolute atomic E-state index is 0.0226. The number of allylic oxidation sites excluding steroid dienone is 1. The van der Waals surface area contributed by atoms with E-state index in [-0.39, 0.29) is 27.7 Å². The third-order valence-corrected chi connectivity index (χ3v) is 5.37. The normalized spacial score (nSPS) is 29.4. The largest absolute Gasteiger partial charge is 0.458 e. The molecule has 0 amide bonds. The van der Waals surface area contributed by atoms with Crippen LogP contribution in [0.25, 0.3) is 0 Å². The highest BCUT2D eigenvalue weighted by Gasteiger charge is 2.38. The number of carbonyl (C=O) groups is 1. The van der Waals surface area contributed by atoms with Crippen LogP contribution in [-0.4, -0.2) is 28.2 Å². The fourth-order valence-electron chi connectivity index (χ4n) is 1.94. The SMILES string of the molecule is CC(=O)O[C@@H]1C[C@H](Br)C(C)(C)C=C1[C@@H](Cl)CCl. The molecule has 0 aromatic carbocycles. The van der Waals surface area contributed by atoms with Crippen molar-refractivity contribution >= 4 is 45.1 Å². The Bertz CT molecular complexity index is 328. The average Bonchev–Trinajstić information content (AvgIpc) is 2.21. The molecule has 3 atom stereocenters. The van der Waals surface area contributed by atoms with Gasteiger partial charge in [0.05, 0.1) is 5.38 Å². The van der Waals surface area contributed by atoms with Crippen molar-refractivity contribution < 1.29 is 9.53 Å². The predicted molar refractivity (Wildman–Crippen MR) is 75.1 cm³/mol. The number of carbonyl (C=O) groups excluding carboxylic acids is 1. The molecule has 98 valence electrons. The lowest BCUT2D eigenvalue weighted by Crippen LogP contribution is -2.38. The number of hydrogen-bond acceptors (Lipinski definition) is 2. The summed E-state index contributed by atoms with van der Waals surface area (Å²) < 4.78 is 5.31. The average molecular weight is 344 g/mol. The molecule has 0 aliphatic heterocycles. The highest BCUT2D eigenvalue weighted by molar-refractivity contribution is 9.09. The van der Waals surface area contributed by atoms with Crippen LogP contribution in [0.5, 0.6) is 0 Å². The van der Waals surface area contributed by atoms with E-state index in [4.69, 9.17) is 27.9 Å². The predicted octanol–water partition coefficient (Wildman–Crippen LogP) is 3.88. The molecule has 1 aliphatic rings. The van der Waals surface area contributed by atoms with Crippen LogP contribution in [0, 0.1) is 5.41 Å². The summed E-state index contributed by atoms with van der Waals surface area (Å²) in [7, 11) is 0. The van der Waals surface area contributed by atoms with Crippen LogP contribution in [0.3, 0.4) is 0 Å². The zero-order chi connectivity index (χ0) is 13.2. The van der Waals surface area contributed by atoms with Gasteiger partial charge < -0.3 is 4.74 Å². The molecule has 17 heavy (non-hydrogen) atoms. The molecule has 0 N–H and O–H groups in total. The van der Waals surface area contributed by atoms with E-state index >= 15 is 0 Å². The van der Waals surface area contributed by atoms with Crippen molar-refractivity contribution in [3.05, 3.63) is 11.6 Å². The van der Waals surface area contributed by atoms with Crippen molar-refractivity contribution in [2.75, 3.05) is 5.88 Å². The van der Waals surface area contributed by atoms with Crippen LogP contribution >= 0.6 is 39.1 Å². The molecular weight excluding hydrogens is 327 g/mol. The fraction of sp³-hybridized carbons (Fsp3) is 0.750. The van der Waals surface area contributed by atoms with Crippen LogP contribution in [0.1, 0.15) is 27.2 Å². The smallest absolute Gasteiger partial charge is 0.303 e. The van der Waals surface area contributed by atoms with Gasteiger partial charge in [-0.15, -0.1) is 23.2 Å². The molecule has 1 rings (SSSR count). The molecule has 0 saturated carbocycles. The van der Waals surface area contributed by atoms with Crippen molar-refractivity contribution in [2.45, 2.75) is 43.5 Å². The van der Waals surface area contributed by atoms with E-state index in [1.54, 1.807) is 0 Å². The molecule has 0 fully saturated rings. The van der Waals surface area contributed by atoms with Crippen LogP contribution in [-0.2, 0) is 9.53 Å². The highest BCUT2D eigenvalue weighted by Crippen LogP contribution is 2.41. The Hall–Kier alpha value is 0.270. The third kappa shape index (κ3) is 3.87. The number of rotatable bonds is 3. The van der Waals surface area contributed by atoms with Gasteiger partial charge >= 0.3 is 5.97 Å². The minimum atomic E-state index is -0.293. The van der Waals surface area contributed by atoms with Crippen LogP contribution in [0.4, 0.5) is 0 Å². The standard InChI is InChI=1S/C12H17BrCl2O2/c1-7(16)17-10-4-11(13)12(2,3)5-8(10)9(15)6-14/h5,9-11H,4,6H2,1-3H3/t9-,10+,11-/m0/s1. The Labute approximate surface area is 121 Å². The topological polar surface area (TPSA) is 26.3 Å². The third-order valence-electron chi connectivity index (χ3n) is 2.94. The van der Waals surface area contributed by atoms with E-state index in [2.05, 4.69) is 35.9 Å². The number of halogens is 3. The van der Waals surface area contributed by atoms with Gasteiger partial charge in [-0.3, -0.25) is 4.79 Å². The maximum absolute atomic E-state index is 11.1. The molecule has 5 heteroatoms. The Balaban J connectivity index is 3.00. The minimum Gasteiger partial charge on any atom is -0.458 e. The van der Waals surface area contributed by atoms with E-state index in [1.807, 2.05) is 0 Å².